The Balaban J connectivity index is 1.52. The lowest BCUT2D eigenvalue weighted by molar-refractivity contribution is -0.128. The summed E-state index contributed by atoms with van der Waals surface area (Å²) in [6.07, 6.45) is 2.20. The van der Waals surface area contributed by atoms with E-state index in [4.69, 9.17) is 4.74 Å². The number of nitrogens with one attached hydrogen (secondary N) is 2. The molecule has 4 atom stereocenters. The van der Waals surface area contributed by atoms with Crippen LogP contribution < -0.4 is 15.4 Å². The van der Waals surface area contributed by atoms with Crippen LogP contribution in [0.5, 0.6) is 5.75 Å². The standard InChI is InChI=1S/C28H37N3O4/c1-4-21-10-11-27-23(14-21)25(16-28(35-27)12-13-31(18-28)20(3)33)29-17-26(34)24(30-19(2)32)15-22-8-6-5-7-9-22/h5-11,14,24-26,29,34H,4,12-13,15-18H2,1-3H3,(H,30,32)/t24-,25-,26+,28-/m0/s1. The second-order valence-corrected chi connectivity index (χ2v) is 9.93. The molecule has 1 spiro atoms. The van der Waals surface area contributed by atoms with Gasteiger partial charge in [-0.15, -0.1) is 0 Å². The van der Waals surface area contributed by atoms with E-state index in [1.54, 1.807) is 6.92 Å². The van der Waals surface area contributed by atoms with Crippen molar-refractivity contribution in [2.75, 3.05) is 19.6 Å². The van der Waals surface area contributed by atoms with Crippen LogP contribution in [0.2, 0.25) is 0 Å². The van der Waals surface area contributed by atoms with Crippen LogP contribution in [0.4, 0.5) is 0 Å². The molecule has 0 aromatic heterocycles. The first-order valence-electron chi connectivity index (χ1n) is 12.6. The van der Waals surface area contributed by atoms with E-state index in [0.717, 1.165) is 29.7 Å². The second kappa shape index (κ2) is 10.8. The minimum Gasteiger partial charge on any atom is -0.485 e. The van der Waals surface area contributed by atoms with Crippen molar-refractivity contribution in [3.8, 4) is 5.75 Å². The molecule has 0 unspecified atom stereocenters. The summed E-state index contributed by atoms with van der Waals surface area (Å²) in [5.74, 6) is 0.744. The molecule has 2 amide bonds. The molecule has 7 heteroatoms. The second-order valence-electron chi connectivity index (χ2n) is 9.93. The summed E-state index contributed by atoms with van der Waals surface area (Å²) in [5, 5.41) is 17.6. The zero-order valence-corrected chi connectivity index (χ0v) is 20.9. The van der Waals surface area contributed by atoms with E-state index in [1.807, 2.05) is 41.3 Å². The first-order valence-corrected chi connectivity index (χ1v) is 12.6. The van der Waals surface area contributed by atoms with E-state index in [1.165, 1.54) is 12.5 Å². The fourth-order valence-electron chi connectivity index (χ4n) is 5.30. The van der Waals surface area contributed by atoms with E-state index >= 15 is 0 Å². The Morgan fingerprint density at radius 1 is 1.17 bits per heavy atom. The highest BCUT2D eigenvalue weighted by atomic mass is 16.5. The lowest BCUT2D eigenvalue weighted by Gasteiger charge is -2.41. The van der Waals surface area contributed by atoms with Gasteiger partial charge in [0.05, 0.1) is 18.7 Å². The summed E-state index contributed by atoms with van der Waals surface area (Å²) >= 11 is 0. The van der Waals surface area contributed by atoms with Gasteiger partial charge in [0.1, 0.15) is 11.4 Å². The smallest absolute Gasteiger partial charge is 0.219 e. The topological polar surface area (TPSA) is 90.9 Å². The van der Waals surface area contributed by atoms with Gasteiger partial charge in [-0.05, 0) is 30.0 Å². The van der Waals surface area contributed by atoms with E-state index in [-0.39, 0.29) is 17.9 Å². The largest absolute Gasteiger partial charge is 0.485 e. The van der Waals surface area contributed by atoms with Crippen LogP contribution in [0.3, 0.4) is 0 Å². The highest BCUT2D eigenvalue weighted by Crippen LogP contribution is 2.44. The molecule has 0 bridgehead atoms. The Morgan fingerprint density at radius 3 is 2.60 bits per heavy atom. The number of hydrogen-bond acceptors (Lipinski definition) is 5. The lowest BCUT2D eigenvalue weighted by Crippen LogP contribution is -2.51. The Morgan fingerprint density at radius 2 is 1.94 bits per heavy atom. The molecule has 1 fully saturated rings. The van der Waals surface area contributed by atoms with Crippen molar-refractivity contribution >= 4 is 11.8 Å². The molecule has 35 heavy (non-hydrogen) atoms. The van der Waals surface area contributed by atoms with E-state index < -0.39 is 17.7 Å². The molecule has 0 aliphatic carbocycles. The Bertz CT molecular complexity index is 1040. The van der Waals surface area contributed by atoms with Crippen LogP contribution in [0.25, 0.3) is 0 Å². The molecule has 2 aliphatic heterocycles. The highest BCUT2D eigenvalue weighted by molar-refractivity contribution is 5.74. The van der Waals surface area contributed by atoms with Crippen LogP contribution in [0.15, 0.2) is 48.5 Å². The summed E-state index contributed by atoms with van der Waals surface area (Å²) < 4.78 is 6.52. The van der Waals surface area contributed by atoms with Gasteiger partial charge in [0.15, 0.2) is 0 Å². The number of aryl methyl sites for hydroxylation is 1. The molecule has 2 heterocycles. The predicted octanol–water partition coefficient (Wildman–Crippen LogP) is 2.76. The number of aliphatic hydroxyl groups excluding tert-OH is 1. The van der Waals surface area contributed by atoms with Crippen LogP contribution >= 0.6 is 0 Å². The summed E-state index contributed by atoms with van der Waals surface area (Å²) in [7, 11) is 0. The maximum atomic E-state index is 12.0. The van der Waals surface area contributed by atoms with Crippen molar-refractivity contribution in [3.63, 3.8) is 0 Å². The Labute approximate surface area is 207 Å². The molecule has 188 valence electrons. The quantitative estimate of drug-likeness (QED) is 0.542. The number of carbonyl (C=O) groups is 2. The molecule has 1 saturated heterocycles. The SMILES string of the molecule is CCc1ccc2c(c1)[C@@H](NC[C@@H](O)[C@H](Cc1ccccc1)NC(C)=O)C[C@]1(CCN(C(C)=O)C1)O2. The number of rotatable bonds is 8. The van der Waals surface area contributed by atoms with Crippen molar-refractivity contribution < 1.29 is 19.4 Å². The number of aliphatic hydroxyl groups is 1. The van der Waals surface area contributed by atoms with E-state index in [0.29, 0.717) is 32.5 Å². The highest BCUT2D eigenvalue weighted by Gasteiger charge is 2.46. The minimum atomic E-state index is -0.770. The molecule has 3 N–H and O–H groups in total. The summed E-state index contributed by atoms with van der Waals surface area (Å²) in [5.41, 5.74) is 2.94. The number of ether oxygens (including phenoxy) is 1. The van der Waals surface area contributed by atoms with Crippen LogP contribution in [0.1, 0.15) is 56.3 Å². The fourth-order valence-corrected chi connectivity index (χ4v) is 5.30. The third-order valence-corrected chi connectivity index (χ3v) is 7.25. The van der Waals surface area contributed by atoms with E-state index in [2.05, 4.69) is 29.7 Å². The van der Waals surface area contributed by atoms with Gasteiger partial charge in [0, 0.05) is 51.4 Å². The summed E-state index contributed by atoms with van der Waals surface area (Å²) in [6, 6.07) is 15.7. The summed E-state index contributed by atoms with van der Waals surface area (Å²) in [6.45, 7) is 6.79. The molecule has 0 radical (unpaired) electrons. The van der Waals surface area contributed by atoms with Gasteiger partial charge in [0.25, 0.3) is 0 Å². The van der Waals surface area contributed by atoms with Gasteiger partial charge >= 0.3 is 0 Å². The summed E-state index contributed by atoms with van der Waals surface area (Å²) in [4.78, 5) is 25.7. The predicted molar refractivity (Wildman–Crippen MR) is 135 cm³/mol. The van der Waals surface area contributed by atoms with Gasteiger partial charge in [0.2, 0.25) is 11.8 Å². The molecule has 2 aromatic rings. The molecule has 0 saturated carbocycles. The van der Waals surface area contributed by atoms with Crippen molar-refractivity contribution in [2.24, 2.45) is 0 Å². The maximum Gasteiger partial charge on any atom is 0.219 e. The third-order valence-electron chi connectivity index (χ3n) is 7.25. The molecule has 7 nitrogen and oxygen atoms in total. The number of likely N-dealkylation sites (tertiary alicyclic amines) is 1. The van der Waals surface area contributed by atoms with Gasteiger partial charge in [-0.3, -0.25) is 9.59 Å². The zero-order chi connectivity index (χ0) is 25.0. The average molecular weight is 480 g/mol. The van der Waals surface area contributed by atoms with Crippen molar-refractivity contribution in [1.82, 2.24) is 15.5 Å². The fraction of sp³-hybridized carbons (Fsp3) is 0.500. The van der Waals surface area contributed by atoms with Crippen LogP contribution in [0, 0.1) is 0 Å². The first kappa shape index (κ1) is 25.2. The third kappa shape index (κ3) is 6.03. The zero-order valence-electron chi connectivity index (χ0n) is 20.9. The van der Waals surface area contributed by atoms with Crippen LogP contribution in [-0.4, -0.2) is 59.2 Å². The maximum absolute atomic E-state index is 12.0. The molecular formula is C28H37N3O4. The van der Waals surface area contributed by atoms with Gasteiger partial charge < -0.3 is 25.4 Å². The first-order chi connectivity index (χ1) is 16.8. The number of carbonyl (C=O) groups excluding carboxylic acids is 2. The van der Waals surface area contributed by atoms with Crippen LogP contribution in [-0.2, 0) is 22.4 Å². The minimum absolute atomic E-state index is 0.0264. The van der Waals surface area contributed by atoms with Gasteiger partial charge in [-0.25, -0.2) is 0 Å². The number of hydrogen-bond donors (Lipinski definition) is 3. The van der Waals surface area contributed by atoms with Crippen molar-refractivity contribution in [2.45, 2.75) is 70.2 Å². The van der Waals surface area contributed by atoms with E-state index in [9.17, 15) is 14.7 Å². The molecule has 2 aliphatic rings. The molecule has 4 rings (SSSR count). The Hall–Kier alpha value is -2.90. The number of amides is 2. The van der Waals surface area contributed by atoms with Gasteiger partial charge in [-0.1, -0.05) is 49.4 Å². The number of nitrogens with zero attached hydrogens (tertiary/aromatic N) is 1. The van der Waals surface area contributed by atoms with Crippen molar-refractivity contribution in [1.29, 1.82) is 0 Å². The molecular weight excluding hydrogens is 442 g/mol. The number of fused-ring (bicyclic) bond motifs is 1. The lowest BCUT2D eigenvalue weighted by atomic mass is 9.85. The monoisotopic (exact) mass is 479 g/mol. The Kier molecular flexibility index (Phi) is 7.77. The van der Waals surface area contributed by atoms with Gasteiger partial charge in [-0.2, -0.15) is 0 Å². The average Bonchev–Trinajstić information content (AvgIpc) is 3.25. The normalized spacial score (nSPS) is 22.9. The van der Waals surface area contributed by atoms with Crippen molar-refractivity contribution in [3.05, 3.63) is 65.2 Å². The number of benzene rings is 2. The molecule has 2 aromatic carbocycles.